The summed E-state index contributed by atoms with van der Waals surface area (Å²) in [6, 6.07) is 15.0. The van der Waals surface area contributed by atoms with E-state index < -0.39 is 0 Å². The molecule has 1 nitrogen and oxygen atoms in total. The molecule has 21 heavy (non-hydrogen) atoms. The summed E-state index contributed by atoms with van der Waals surface area (Å²) in [7, 11) is 1.72. The minimum absolute atomic E-state index is 0.431. The van der Waals surface area contributed by atoms with E-state index in [4.69, 9.17) is 4.74 Å². The Morgan fingerprint density at radius 1 is 1.19 bits per heavy atom. The van der Waals surface area contributed by atoms with Crippen molar-refractivity contribution in [3.05, 3.63) is 63.6 Å². The maximum Gasteiger partial charge on any atom is 0.119 e. The van der Waals surface area contributed by atoms with E-state index in [9.17, 15) is 0 Å². The molecule has 0 N–H and O–H groups in total. The quantitative estimate of drug-likeness (QED) is 0.591. The van der Waals surface area contributed by atoms with Crippen molar-refractivity contribution >= 4 is 31.9 Å². The smallest absolute Gasteiger partial charge is 0.119 e. The lowest BCUT2D eigenvalue weighted by Crippen LogP contribution is -2.19. The zero-order chi connectivity index (χ0) is 14.8. The van der Waals surface area contributed by atoms with Crippen molar-refractivity contribution in [1.82, 2.24) is 0 Å². The average molecular weight is 410 g/mol. The van der Waals surface area contributed by atoms with Gasteiger partial charge in [-0.2, -0.15) is 0 Å². The van der Waals surface area contributed by atoms with Crippen LogP contribution in [0.15, 0.2) is 46.9 Å². The van der Waals surface area contributed by atoms with Gasteiger partial charge >= 0.3 is 0 Å². The molecule has 0 bridgehead atoms. The van der Waals surface area contributed by atoms with Crippen LogP contribution in [0.5, 0.6) is 5.75 Å². The molecule has 2 aromatic rings. The zero-order valence-electron chi connectivity index (χ0n) is 12.0. The first-order valence-corrected chi connectivity index (χ1v) is 8.94. The molecular weight excluding hydrogens is 392 g/mol. The van der Waals surface area contributed by atoms with Crippen LogP contribution < -0.4 is 4.74 Å². The Morgan fingerprint density at radius 2 is 2.00 bits per heavy atom. The highest BCUT2D eigenvalue weighted by Crippen LogP contribution is 2.42. The number of methoxy groups -OCH3 is 1. The van der Waals surface area contributed by atoms with Gasteiger partial charge in [-0.3, -0.25) is 0 Å². The van der Waals surface area contributed by atoms with E-state index in [1.54, 1.807) is 7.11 Å². The number of ether oxygens (including phenoxy) is 1. The van der Waals surface area contributed by atoms with Gasteiger partial charge in [0.05, 0.1) is 7.11 Å². The molecule has 2 aromatic carbocycles. The number of alkyl halides is 1. The van der Waals surface area contributed by atoms with Crippen molar-refractivity contribution in [2.75, 3.05) is 7.11 Å². The molecule has 0 heterocycles. The number of benzene rings is 2. The van der Waals surface area contributed by atoms with Gasteiger partial charge in [0.2, 0.25) is 0 Å². The van der Waals surface area contributed by atoms with Crippen molar-refractivity contribution in [2.24, 2.45) is 5.92 Å². The summed E-state index contributed by atoms with van der Waals surface area (Å²) in [5, 5.41) is 0. The molecule has 110 valence electrons. The molecular formula is C18H18Br2O. The molecule has 0 radical (unpaired) electrons. The van der Waals surface area contributed by atoms with E-state index in [0.29, 0.717) is 10.7 Å². The highest BCUT2D eigenvalue weighted by atomic mass is 79.9. The van der Waals surface area contributed by atoms with Crippen LogP contribution in [0.1, 0.15) is 27.9 Å². The molecule has 3 heteroatoms. The topological polar surface area (TPSA) is 9.23 Å². The molecule has 0 amide bonds. The first-order chi connectivity index (χ1) is 10.2. The van der Waals surface area contributed by atoms with Gasteiger partial charge in [-0.15, -0.1) is 0 Å². The Labute approximate surface area is 143 Å². The lowest BCUT2D eigenvalue weighted by molar-refractivity contribution is 0.412. The van der Waals surface area contributed by atoms with Gasteiger partial charge in [0.25, 0.3) is 0 Å². The van der Waals surface area contributed by atoms with Crippen molar-refractivity contribution in [1.29, 1.82) is 0 Å². The van der Waals surface area contributed by atoms with Gasteiger partial charge in [-0.05, 0) is 60.1 Å². The fraction of sp³-hybridized carbons (Fsp3) is 0.333. The second-order valence-corrected chi connectivity index (χ2v) is 7.40. The van der Waals surface area contributed by atoms with E-state index >= 15 is 0 Å². The number of halogens is 2. The van der Waals surface area contributed by atoms with Crippen molar-refractivity contribution in [3.63, 3.8) is 0 Å². The molecule has 0 aliphatic heterocycles. The first-order valence-electron chi connectivity index (χ1n) is 7.23. The predicted octanol–water partition coefficient (Wildman–Crippen LogP) is 5.70. The molecule has 2 unspecified atom stereocenters. The van der Waals surface area contributed by atoms with E-state index in [0.717, 1.165) is 12.2 Å². The third kappa shape index (κ3) is 3.19. The summed E-state index contributed by atoms with van der Waals surface area (Å²) < 4.78 is 6.52. The van der Waals surface area contributed by atoms with Crippen LogP contribution in [0.2, 0.25) is 0 Å². The van der Waals surface area contributed by atoms with Crippen molar-refractivity contribution in [2.45, 2.75) is 24.1 Å². The SMILES string of the molecule is COc1ccc(Br)c(CC2CCc3ccccc3C2Br)c1. The number of hydrogen-bond donors (Lipinski definition) is 0. The van der Waals surface area contributed by atoms with Crippen LogP contribution in [0, 0.1) is 5.92 Å². The highest BCUT2D eigenvalue weighted by molar-refractivity contribution is 9.10. The van der Waals surface area contributed by atoms with E-state index in [1.165, 1.54) is 34.0 Å². The van der Waals surface area contributed by atoms with Gasteiger partial charge in [0.1, 0.15) is 5.75 Å². The molecule has 3 rings (SSSR count). The Hall–Kier alpha value is -0.800. The molecule has 0 spiro atoms. The maximum atomic E-state index is 5.35. The van der Waals surface area contributed by atoms with Crippen LogP contribution in [-0.2, 0) is 12.8 Å². The molecule has 2 atom stereocenters. The highest BCUT2D eigenvalue weighted by Gasteiger charge is 2.27. The van der Waals surface area contributed by atoms with Crippen LogP contribution >= 0.6 is 31.9 Å². The summed E-state index contributed by atoms with van der Waals surface area (Å²) in [6.07, 6.45) is 3.45. The standard InChI is InChI=1S/C18H18Br2O/c1-21-15-8-9-17(19)14(11-15)10-13-7-6-12-4-2-3-5-16(12)18(13)20/h2-5,8-9,11,13,18H,6-7,10H2,1H3. The van der Waals surface area contributed by atoms with Crippen LogP contribution in [0.25, 0.3) is 0 Å². The van der Waals surface area contributed by atoms with Crippen molar-refractivity contribution in [3.8, 4) is 5.75 Å². The summed E-state index contributed by atoms with van der Waals surface area (Å²) in [4.78, 5) is 0.431. The van der Waals surface area contributed by atoms with Crippen molar-refractivity contribution < 1.29 is 4.74 Å². The lowest BCUT2D eigenvalue weighted by Gasteiger charge is -2.30. The number of fused-ring (bicyclic) bond motifs is 1. The molecule has 0 aromatic heterocycles. The first kappa shape index (κ1) is 15.1. The average Bonchev–Trinajstić information content (AvgIpc) is 2.52. The summed E-state index contributed by atoms with van der Waals surface area (Å²) >= 11 is 7.59. The largest absolute Gasteiger partial charge is 0.497 e. The van der Waals surface area contributed by atoms with E-state index in [2.05, 4.69) is 68.3 Å². The van der Waals surface area contributed by atoms with Crippen LogP contribution in [0.4, 0.5) is 0 Å². The third-order valence-electron chi connectivity index (χ3n) is 4.29. The summed E-state index contributed by atoms with van der Waals surface area (Å²) in [6.45, 7) is 0. The zero-order valence-corrected chi connectivity index (χ0v) is 15.2. The van der Waals surface area contributed by atoms with Crippen LogP contribution in [-0.4, -0.2) is 7.11 Å². The van der Waals surface area contributed by atoms with E-state index in [1.807, 2.05) is 6.07 Å². The number of aryl methyl sites for hydroxylation is 1. The number of hydrogen-bond acceptors (Lipinski definition) is 1. The van der Waals surface area contributed by atoms with Gasteiger partial charge in [-0.1, -0.05) is 56.1 Å². The molecule has 0 fully saturated rings. The fourth-order valence-electron chi connectivity index (χ4n) is 3.09. The minimum atomic E-state index is 0.431. The number of rotatable bonds is 3. The second kappa shape index (κ2) is 6.53. The molecule has 0 saturated heterocycles. The van der Waals surface area contributed by atoms with Gasteiger partial charge < -0.3 is 4.74 Å². The summed E-state index contributed by atoms with van der Waals surface area (Å²) in [5.41, 5.74) is 4.26. The second-order valence-electron chi connectivity index (χ2n) is 5.56. The summed E-state index contributed by atoms with van der Waals surface area (Å²) in [5.74, 6) is 1.54. The van der Waals surface area contributed by atoms with Gasteiger partial charge in [0, 0.05) is 9.30 Å². The minimum Gasteiger partial charge on any atom is -0.497 e. The lowest BCUT2D eigenvalue weighted by atomic mass is 9.81. The monoisotopic (exact) mass is 408 g/mol. The van der Waals surface area contributed by atoms with Gasteiger partial charge in [-0.25, -0.2) is 0 Å². The fourth-order valence-corrected chi connectivity index (χ4v) is 4.40. The molecule has 1 aliphatic rings. The van der Waals surface area contributed by atoms with Crippen LogP contribution in [0.3, 0.4) is 0 Å². The Balaban J connectivity index is 1.83. The third-order valence-corrected chi connectivity index (χ3v) is 6.30. The predicted molar refractivity (Wildman–Crippen MR) is 94.3 cm³/mol. The molecule has 1 aliphatic carbocycles. The normalized spacial score (nSPS) is 20.9. The Kier molecular flexibility index (Phi) is 4.70. The Bertz CT molecular complexity index is 639. The maximum absolute atomic E-state index is 5.35. The Morgan fingerprint density at radius 3 is 2.81 bits per heavy atom. The molecule has 0 saturated carbocycles. The van der Waals surface area contributed by atoms with E-state index in [-0.39, 0.29) is 0 Å². The van der Waals surface area contributed by atoms with Gasteiger partial charge in [0.15, 0.2) is 0 Å².